The molecule has 17 heavy (non-hydrogen) atoms. The van der Waals surface area contributed by atoms with Gasteiger partial charge < -0.3 is 16.4 Å². The first-order chi connectivity index (χ1) is 8.01. The normalized spacial score (nSPS) is 11.7. The molecule has 0 fully saturated rings. The van der Waals surface area contributed by atoms with Crippen LogP contribution in [0.2, 0.25) is 0 Å². The molecule has 0 aromatic carbocycles. The number of amides is 2. The summed E-state index contributed by atoms with van der Waals surface area (Å²) in [5, 5.41) is 4.90. The van der Waals surface area contributed by atoms with Gasteiger partial charge in [0.25, 0.3) is 0 Å². The molecule has 0 heterocycles. The Labute approximate surface area is 106 Å². The number of Topliss-reactive ketones (excluding diaryl/α,β-unsaturated/α-hetero) is 1. The van der Waals surface area contributed by atoms with E-state index in [9.17, 15) is 14.4 Å². The van der Waals surface area contributed by atoms with Crippen LogP contribution in [0, 0.1) is 0 Å². The third-order valence-corrected chi connectivity index (χ3v) is 2.47. The van der Waals surface area contributed by atoms with Gasteiger partial charge in [0.1, 0.15) is 5.78 Å². The van der Waals surface area contributed by atoms with E-state index in [4.69, 9.17) is 5.73 Å². The highest BCUT2D eigenvalue weighted by Gasteiger charge is 2.12. The molecule has 1 unspecified atom stereocenters. The lowest BCUT2D eigenvalue weighted by Gasteiger charge is -2.09. The Morgan fingerprint density at radius 1 is 1.29 bits per heavy atom. The summed E-state index contributed by atoms with van der Waals surface area (Å²) in [5.41, 5.74) is 5.40. The highest BCUT2D eigenvalue weighted by molar-refractivity contribution is 7.80. The van der Waals surface area contributed by atoms with Crippen LogP contribution < -0.4 is 16.4 Å². The number of hydrogen-bond donors (Lipinski definition) is 4. The molecular formula is C10H19N3O3S. The number of ketones is 1. The van der Waals surface area contributed by atoms with Gasteiger partial charge in [-0.1, -0.05) is 6.92 Å². The van der Waals surface area contributed by atoms with E-state index in [1.807, 2.05) is 0 Å². The number of nitrogens with two attached hydrogens (primary N) is 1. The molecule has 0 aliphatic carbocycles. The maximum absolute atomic E-state index is 11.2. The molecular weight excluding hydrogens is 242 g/mol. The van der Waals surface area contributed by atoms with Gasteiger partial charge in [0, 0.05) is 25.1 Å². The molecule has 0 bridgehead atoms. The Kier molecular flexibility index (Phi) is 8.43. The molecule has 98 valence electrons. The standard InChI is InChI=1S/C10H19N3O3S/c1-2-7(14)3-4-12-9(15)5-13-10(16)8(11)6-17/h8,17H,2-6,11H2,1H3,(H,12,15)(H,13,16). The van der Waals surface area contributed by atoms with Crippen LogP contribution in [0.1, 0.15) is 19.8 Å². The zero-order valence-corrected chi connectivity index (χ0v) is 10.8. The SMILES string of the molecule is CCC(=O)CCNC(=O)CNC(=O)C(N)CS. The van der Waals surface area contributed by atoms with E-state index < -0.39 is 11.9 Å². The molecule has 6 nitrogen and oxygen atoms in total. The molecule has 4 N–H and O–H groups in total. The first-order valence-corrected chi connectivity index (χ1v) is 6.07. The summed E-state index contributed by atoms with van der Waals surface area (Å²) in [6, 6.07) is -0.715. The largest absolute Gasteiger partial charge is 0.354 e. The Balaban J connectivity index is 3.66. The van der Waals surface area contributed by atoms with Crippen molar-refractivity contribution in [2.45, 2.75) is 25.8 Å². The van der Waals surface area contributed by atoms with Crippen LogP contribution in [0.25, 0.3) is 0 Å². The van der Waals surface area contributed by atoms with Gasteiger partial charge in [0.15, 0.2) is 0 Å². The van der Waals surface area contributed by atoms with Crippen molar-refractivity contribution in [2.24, 2.45) is 5.73 Å². The Bertz CT molecular complexity index is 284. The van der Waals surface area contributed by atoms with E-state index in [-0.39, 0.29) is 24.0 Å². The van der Waals surface area contributed by atoms with Crippen molar-refractivity contribution in [1.82, 2.24) is 10.6 Å². The van der Waals surface area contributed by atoms with Gasteiger partial charge in [0.2, 0.25) is 11.8 Å². The quantitative estimate of drug-likeness (QED) is 0.414. The zero-order chi connectivity index (χ0) is 13.3. The molecule has 0 rings (SSSR count). The molecule has 2 amide bonds. The van der Waals surface area contributed by atoms with E-state index in [2.05, 4.69) is 23.3 Å². The molecule has 1 atom stereocenters. The van der Waals surface area contributed by atoms with Crippen LogP contribution in [0.5, 0.6) is 0 Å². The Morgan fingerprint density at radius 2 is 1.94 bits per heavy atom. The smallest absolute Gasteiger partial charge is 0.239 e. The minimum Gasteiger partial charge on any atom is -0.354 e. The fourth-order valence-corrected chi connectivity index (χ4v) is 1.13. The predicted octanol–water partition coefficient (Wildman–Crippen LogP) is -1.15. The summed E-state index contributed by atoms with van der Waals surface area (Å²) in [7, 11) is 0. The zero-order valence-electron chi connectivity index (χ0n) is 9.86. The van der Waals surface area contributed by atoms with E-state index in [1.165, 1.54) is 0 Å². The van der Waals surface area contributed by atoms with Gasteiger partial charge in [-0.05, 0) is 0 Å². The molecule has 0 saturated heterocycles. The Morgan fingerprint density at radius 3 is 2.47 bits per heavy atom. The Hall–Kier alpha value is -1.08. The van der Waals surface area contributed by atoms with Crippen molar-refractivity contribution in [2.75, 3.05) is 18.8 Å². The van der Waals surface area contributed by atoms with E-state index in [0.29, 0.717) is 19.4 Å². The number of carbonyl (C=O) groups excluding carboxylic acids is 3. The highest BCUT2D eigenvalue weighted by Crippen LogP contribution is 1.86. The summed E-state index contributed by atoms with van der Waals surface area (Å²) in [6.07, 6.45) is 0.774. The monoisotopic (exact) mass is 261 g/mol. The molecule has 7 heteroatoms. The summed E-state index contributed by atoms with van der Waals surface area (Å²) in [4.78, 5) is 33.4. The second-order valence-electron chi connectivity index (χ2n) is 3.50. The van der Waals surface area contributed by atoms with Gasteiger partial charge in [0.05, 0.1) is 12.6 Å². The highest BCUT2D eigenvalue weighted by atomic mass is 32.1. The summed E-state index contributed by atoms with van der Waals surface area (Å²) >= 11 is 3.87. The molecule has 0 saturated carbocycles. The molecule has 0 aromatic rings. The van der Waals surface area contributed by atoms with Crippen molar-refractivity contribution in [1.29, 1.82) is 0 Å². The van der Waals surface area contributed by atoms with Crippen molar-refractivity contribution in [3.05, 3.63) is 0 Å². The maximum atomic E-state index is 11.2. The van der Waals surface area contributed by atoms with Crippen LogP contribution in [0.15, 0.2) is 0 Å². The van der Waals surface area contributed by atoms with E-state index >= 15 is 0 Å². The van der Waals surface area contributed by atoms with Crippen LogP contribution in [-0.4, -0.2) is 42.5 Å². The van der Waals surface area contributed by atoms with Crippen molar-refractivity contribution < 1.29 is 14.4 Å². The second kappa shape index (κ2) is 9.00. The molecule has 0 aliphatic heterocycles. The first kappa shape index (κ1) is 15.9. The minimum atomic E-state index is -0.715. The molecule has 0 aliphatic rings. The van der Waals surface area contributed by atoms with Gasteiger partial charge >= 0.3 is 0 Å². The maximum Gasteiger partial charge on any atom is 0.239 e. The van der Waals surface area contributed by atoms with E-state index in [1.54, 1.807) is 6.92 Å². The van der Waals surface area contributed by atoms with Crippen molar-refractivity contribution in [3.8, 4) is 0 Å². The third-order valence-electron chi connectivity index (χ3n) is 2.08. The lowest BCUT2D eigenvalue weighted by atomic mass is 10.2. The number of carbonyl (C=O) groups is 3. The van der Waals surface area contributed by atoms with Crippen molar-refractivity contribution >= 4 is 30.2 Å². The van der Waals surface area contributed by atoms with Crippen LogP contribution in [0.3, 0.4) is 0 Å². The summed E-state index contributed by atoms with van der Waals surface area (Å²) in [5.74, 6) is -0.446. The lowest BCUT2D eigenvalue weighted by molar-refractivity contribution is -0.126. The number of nitrogens with one attached hydrogen (secondary N) is 2. The van der Waals surface area contributed by atoms with E-state index in [0.717, 1.165) is 0 Å². The second-order valence-corrected chi connectivity index (χ2v) is 3.86. The number of hydrogen-bond acceptors (Lipinski definition) is 5. The average Bonchev–Trinajstić information content (AvgIpc) is 2.34. The average molecular weight is 261 g/mol. The van der Waals surface area contributed by atoms with Gasteiger partial charge in [-0.3, -0.25) is 14.4 Å². The van der Waals surface area contributed by atoms with Crippen LogP contribution in [-0.2, 0) is 14.4 Å². The minimum absolute atomic E-state index is 0.0893. The molecule has 0 aromatic heterocycles. The summed E-state index contributed by atoms with van der Waals surface area (Å²) in [6.45, 7) is 1.92. The number of thiol groups is 1. The van der Waals surface area contributed by atoms with Crippen molar-refractivity contribution in [3.63, 3.8) is 0 Å². The van der Waals surface area contributed by atoms with Crippen LogP contribution in [0.4, 0.5) is 0 Å². The third kappa shape index (κ3) is 7.76. The van der Waals surface area contributed by atoms with Gasteiger partial charge in [-0.2, -0.15) is 12.6 Å². The molecule has 0 radical (unpaired) electrons. The topological polar surface area (TPSA) is 101 Å². The van der Waals surface area contributed by atoms with Gasteiger partial charge in [-0.15, -0.1) is 0 Å². The van der Waals surface area contributed by atoms with Gasteiger partial charge in [-0.25, -0.2) is 0 Å². The fourth-order valence-electron chi connectivity index (χ4n) is 0.962. The molecule has 0 spiro atoms. The summed E-state index contributed by atoms with van der Waals surface area (Å²) < 4.78 is 0. The fraction of sp³-hybridized carbons (Fsp3) is 0.700. The lowest BCUT2D eigenvalue weighted by Crippen LogP contribution is -2.45. The predicted molar refractivity (Wildman–Crippen MR) is 67.8 cm³/mol. The number of rotatable bonds is 8. The van der Waals surface area contributed by atoms with Crippen LogP contribution >= 0.6 is 12.6 Å². The first-order valence-electron chi connectivity index (χ1n) is 5.43.